The van der Waals surface area contributed by atoms with Crippen LogP contribution in [0.15, 0.2) is 30.6 Å². The number of hydrogen-bond donors (Lipinski definition) is 0. The number of hydrogen-bond acceptors (Lipinski definition) is 7. The average molecular weight is 304 g/mol. The van der Waals surface area contributed by atoms with Crippen molar-refractivity contribution in [1.29, 1.82) is 0 Å². The molecule has 22 heavy (non-hydrogen) atoms. The summed E-state index contributed by atoms with van der Waals surface area (Å²) < 4.78 is 10.5. The monoisotopic (exact) mass is 304 g/mol. The molecule has 1 aromatic heterocycles. The van der Waals surface area contributed by atoms with E-state index in [1.54, 1.807) is 32.2 Å². The van der Waals surface area contributed by atoms with Crippen LogP contribution in [-0.4, -0.2) is 36.2 Å². The first-order chi connectivity index (χ1) is 10.5. The maximum Gasteiger partial charge on any atom is 0.305 e. The third kappa shape index (κ3) is 3.40. The summed E-state index contributed by atoms with van der Waals surface area (Å²) in [5.41, 5.74) is 0.784. The zero-order valence-corrected chi connectivity index (χ0v) is 12.5. The first kappa shape index (κ1) is 15.5. The number of ether oxygens (including phenoxy) is 2. The number of rotatable bonds is 6. The Morgan fingerprint density at radius 2 is 1.91 bits per heavy atom. The molecule has 1 heterocycles. The van der Waals surface area contributed by atoms with E-state index in [9.17, 15) is 10.1 Å². The van der Waals surface area contributed by atoms with Crippen molar-refractivity contribution >= 4 is 11.6 Å². The quantitative estimate of drug-likeness (QED) is 0.595. The number of benzene rings is 1. The molecule has 0 bridgehead atoms. The lowest BCUT2D eigenvalue weighted by Crippen LogP contribution is -2.19. The number of nitro groups is 1. The summed E-state index contributed by atoms with van der Waals surface area (Å²) >= 11 is 0. The number of nitrogens with zero attached hydrogens (tertiary/aromatic N) is 4. The summed E-state index contributed by atoms with van der Waals surface area (Å²) in [4.78, 5) is 19.8. The molecule has 0 saturated carbocycles. The molecule has 0 unspecified atom stereocenters. The van der Waals surface area contributed by atoms with Crippen molar-refractivity contribution in [2.45, 2.75) is 6.54 Å². The number of anilines is 1. The zero-order chi connectivity index (χ0) is 16.1. The summed E-state index contributed by atoms with van der Waals surface area (Å²) in [6.07, 6.45) is 2.37. The van der Waals surface area contributed by atoms with Crippen LogP contribution in [-0.2, 0) is 6.54 Å². The minimum atomic E-state index is -0.531. The van der Waals surface area contributed by atoms with E-state index in [1.807, 2.05) is 12.1 Å². The standard InChI is InChI=1S/C14H16N4O4/c1-17(14-15-7-11(8-16-14)18(19)20)9-10-4-5-12(21-2)6-13(10)22-3/h4-8H,9H2,1-3H3. The Labute approximate surface area is 127 Å². The van der Waals surface area contributed by atoms with Gasteiger partial charge in [0.1, 0.15) is 23.9 Å². The van der Waals surface area contributed by atoms with Gasteiger partial charge in [-0.3, -0.25) is 10.1 Å². The van der Waals surface area contributed by atoms with Gasteiger partial charge < -0.3 is 14.4 Å². The molecule has 0 aliphatic carbocycles. The Bertz CT molecular complexity index is 660. The van der Waals surface area contributed by atoms with E-state index in [-0.39, 0.29) is 5.69 Å². The van der Waals surface area contributed by atoms with E-state index < -0.39 is 4.92 Å². The van der Waals surface area contributed by atoms with Gasteiger partial charge in [-0.1, -0.05) is 0 Å². The van der Waals surface area contributed by atoms with Gasteiger partial charge in [0.15, 0.2) is 0 Å². The van der Waals surface area contributed by atoms with Crippen molar-refractivity contribution in [1.82, 2.24) is 9.97 Å². The van der Waals surface area contributed by atoms with Crippen LogP contribution in [0.3, 0.4) is 0 Å². The molecule has 0 spiro atoms. The van der Waals surface area contributed by atoms with Gasteiger partial charge in [-0.05, 0) is 12.1 Å². The minimum absolute atomic E-state index is 0.140. The van der Waals surface area contributed by atoms with Crippen LogP contribution in [0.2, 0.25) is 0 Å². The Hall–Kier alpha value is -2.90. The van der Waals surface area contributed by atoms with E-state index in [4.69, 9.17) is 9.47 Å². The highest BCUT2D eigenvalue weighted by atomic mass is 16.6. The van der Waals surface area contributed by atoms with Gasteiger partial charge in [0.25, 0.3) is 0 Å². The minimum Gasteiger partial charge on any atom is -0.497 e. The van der Waals surface area contributed by atoms with Gasteiger partial charge in [-0.25, -0.2) is 9.97 Å². The molecule has 0 N–H and O–H groups in total. The smallest absolute Gasteiger partial charge is 0.305 e. The van der Waals surface area contributed by atoms with Crippen LogP contribution >= 0.6 is 0 Å². The van der Waals surface area contributed by atoms with Crippen molar-refractivity contribution in [2.75, 3.05) is 26.2 Å². The number of aromatic nitrogens is 2. The fraction of sp³-hybridized carbons (Fsp3) is 0.286. The molecule has 1 aromatic carbocycles. The molecule has 8 heteroatoms. The van der Waals surface area contributed by atoms with Crippen molar-refractivity contribution in [3.8, 4) is 11.5 Å². The van der Waals surface area contributed by atoms with Crippen molar-refractivity contribution in [3.05, 3.63) is 46.3 Å². The van der Waals surface area contributed by atoms with Crippen molar-refractivity contribution in [3.63, 3.8) is 0 Å². The second-order valence-corrected chi connectivity index (χ2v) is 4.53. The Morgan fingerprint density at radius 1 is 1.23 bits per heavy atom. The summed E-state index contributed by atoms with van der Waals surface area (Å²) in [6.45, 7) is 0.491. The molecule has 0 saturated heterocycles. The first-order valence-electron chi connectivity index (χ1n) is 6.43. The lowest BCUT2D eigenvalue weighted by atomic mass is 10.2. The third-order valence-electron chi connectivity index (χ3n) is 3.08. The van der Waals surface area contributed by atoms with Gasteiger partial charge >= 0.3 is 5.69 Å². The lowest BCUT2D eigenvalue weighted by Gasteiger charge is -2.18. The van der Waals surface area contributed by atoms with E-state index in [2.05, 4.69) is 9.97 Å². The second kappa shape index (κ2) is 6.70. The Morgan fingerprint density at radius 3 is 2.45 bits per heavy atom. The third-order valence-corrected chi connectivity index (χ3v) is 3.08. The molecule has 0 aliphatic rings. The summed E-state index contributed by atoms with van der Waals surface area (Å²) in [5.74, 6) is 1.78. The molecule has 0 amide bonds. The zero-order valence-electron chi connectivity index (χ0n) is 12.5. The Balaban J connectivity index is 2.17. The molecule has 0 atom stereocenters. The molecule has 2 aromatic rings. The van der Waals surface area contributed by atoms with E-state index in [0.717, 1.165) is 5.56 Å². The molecule has 2 rings (SSSR count). The molecule has 0 radical (unpaired) electrons. The van der Waals surface area contributed by atoms with E-state index in [0.29, 0.717) is 24.0 Å². The first-order valence-corrected chi connectivity index (χ1v) is 6.43. The van der Waals surface area contributed by atoms with Crippen LogP contribution in [0.5, 0.6) is 11.5 Å². The van der Waals surface area contributed by atoms with Crippen molar-refractivity contribution in [2.24, 2.45) is 0 Å². The lowest BCUT2D eigenvalue weighted by molar-refractivity contribution is -0.385. The van der Waals surface area contributed by atoms with Gasteiger partial charge in [-0.15, -0.1) is 0 Å². The topological polar surface area (TPSA) is 90.6 Å². The predicted molar refractivity (Wildman–Crippen MR) is 80.3 cm³/mol. The molecule has 0 fully saturated rings. The van der Waals surface area contributed by atoms with Gasteiger partial charge in [-0.2, -0.15) is 0 Å². The highest BCUT2D eigenvalue weighted by molar-refractivity contribution is 5.43. The maximum absolute atomic E-state index is 10.6. The molecule has 8 nitrogen and oxygen atoms in total. The van der Waals surface area contributed by atoms with Crippen LogP contribution in [0.25, 0.3) is 0 Å². The van der Waals surface area contributed by atoms with Crippen LogP contribution < -0.4 is 14.4 Å². The van der Waals surface area contributed by atoms with Crippen LogP contribution in [0.4, 0.5) is 11.6 Å². The van der Waals surface area contributed by atoms with Gasteiger partial charge in [0.2, 0.25) is 5.95 Å². The van der Waals surface area contributed by atoms with Gasteiger partial charge in [0, 0.05) is 25.2 Å². The predicted octanol–water partition coefficient (Wildman–Crippen LogP) is 2.04. The highest BCUT2D eigenvalue weighted by Gasteiger charge is 2.12. The summed E-state index contributed by atoms with van der Waals surface area (Å²) in [7, 11) is 4.97. The van der Waals surface area contributed by atoms with Gasteiger partial charge in [0.05, 0.1) is 19.1 Å². The van der Waals surface area contributed by atoms with Crippen molar-refractivity contribution < 1.29 is 14.4 Å². The fourth-order valence-electron chi connectivity index (χ4n) is 1.91. The fourth-order valence-corrected chi connectivity index (χ4v) is 1.91. The molecule has 0 aliphatic heterocycles. The second-order valence-electron chi connectivity index (χ2n) is 4.53. The van der Waals surface area contributed by atoms with Crippen LogP contribution in [0.1, 0.15) is 5.56 Å². The maximum atomic E-state index is 10.6. The average Bonchev–Trinajstić information content (AvgIpc) is 2.55. The molecule has 116 valence electrons. The summed E-state index contributed by atoms with van der Waals surface area (Å²) in [6, 6.07) is 5.52. The van der Waals surface area contributed by atoms with E-state index >= 15 is 0 Å². The number of methoxy groups -OCH3 is 2. The molecular formula is C14H16N4O4. The summed E-state index contributed by atoms with van der Waals surface area (Å²) in [5, 5.41) is 10.6. The van der Waals surface area contributed by atoms with Crippen LogP contribution in [0, 0.1) is 10.1 Å². The SMILES string of the molecule is COc1ccc(CN(C)c2ncc([N+](=O)[O-])cn2)c(OC)c1. The highest BCUT2D eigenvalue weighted by Crippen LogP contribution is 2.26. The molecular weight excluding hydrogens is 288 g/mol. The largest absolute Gasteiger partial charge is 0.497 e. The van der Waals surface area contributed by atoms with E-state index in [1.165, 1.54) is 12.4 Å². The Kier molecular flexibility index (Phi) is 4.72. The normalized spacial score (nSPS) is 10.1.